The van der Waals surface area contributed by atoms with Gasteiger partial charge in [-0.15, -0.1) is 12.4 Å². The van der Waals surface area contributed by atoms with E-state index >= 15 is 0 Å². The van der Waals surface area contributed by atoms with Crippen molar-refractivity contribution >= 4 is 41.5 Å². The number of carbonyl (C=O) groups is 2. The molecule has 4 rings (SSSR count). The van der Waals surface area contributed by atoms with Crippen LogP contribution in [-0.2, 0) is 9.53 Å². The van der Waals surface area contributed by atoms with Crippen molar-refractivity contribution in [2.24, 2.45) is 23.5 Å². The Kier molecular flexibility index (Phi) is 6.31. The third kappa shape index (κ3) is 3.94. The Morgan fingerprint density at radius 1 is 1.19 bits per heavy atom. The predicted molar refractivity (Wildman–Crippen MR) is 106 cm³/mol. The van der Waals surface area contributed by atoms with Gasteiger partial charge in [0.15, 0.2) is 0 Å². The first-order valence-electron chi connectivity index (χ1n) is 9.27. The van der Waals surface area contributed by atoms with Crippen molar-refractivity contribution in [3.05, 3.63) is 28.8 Å². The molecule has 3 aliphatic rings. The maximum atomic E-state index is 12.7. The second-order valence-corrected chi connectivity index (χ2v) is 7.93. The normalized spacial score (nSPS) is 29.3. The summed E-state index contributed by atoms with van der Waals surface area (Å²) >= 11 is 6.32. The molecule has 6 nitrogen and oxygen atoms in total. The minimum Gasteiger partial charge on any atom is -0.378 e. The largest absolute Gasteiger partial charge is 0.378 e. The highest BCUT2D eigenvalue weighted by Gasteiger charge is 2.49. The van der Waals surface area contributed by atoms with E-state index in [9.17, 15) is 9.59 Å². The number of hydrogen-bond donors (Lipinski definition) is 2. The average molecular weight is 414 g/mol. The molecule has 2 amide bonds. The molecule has 2 bridgehead atoms. The summed E-state index contributed by atoms with van der Waals surface area (Å²) in [4.78, 5) is 27.0. The number of ether oxygens (including phenoxy) is 1. The van der Waals surface area contributed by atoms with E-state index in [1.807, 2.05) is 0 Å². The van der Waals surface area contributed by atoms with Crippen molar-refractivity contribution in [1.82, 2.24) is 4.90 Å². The van der Waals surface area contributed by atoms with Crippen molar-refractivity contribution in [1.29, 1.82) is 0 Å². The molecule has 3 N–H and O–H groups in total. The number of carbonyl (C=O) groups excluding carboxylic acids is 2. The minimum absolute atomic E-state index is 0. The molecule has 1 aromatic rings. The number of rotatable bonds is 3. The zero-order chi connectivity index (χ0) is 18.3. The lowest BCUT2D eigenvalue weighted by Gasteiger charge is -2.28. The number of halogens is 2. The van der Waals surface area contributed by atoms with Gasteiger partial charge in [-0.25, -0.2) is 0 Å². The van der Waals surface area contributed by atoms with Crippen molar-refractivity contribution in [3.63, 3.8) is 0 Å². The molecule has 8 heteroatoms. The lowest BCUT2D eigenvalue weighted by Crippen LogP contribution is -2.42. The maximum Gasteiger partial charge on any atom is 0.255 e. The molecule has 4 unspecified atom stereocenters. The standard InChI is InChI=1S/C19H24ClN3O3.ClH/c20-15-10-13(3-4-14(15)19(25)23-5-7-26-8-6-23)22-18(24)16-11-1-2-12(9-11)17(16)21;/h3-4,10-12,16-17H,1-2,5-9,21H2,(H,22,24);1H. The maximum absolute atomic E-state index is 12.7. The van der Waals surface area contributed by atoms with Gasteiger partial charge in [0.1, 0.15) is 0 Å². The number of fused-ring (bicyclic) bond motifs is 2. The Balaban J connectivity index is 0.00000210. The molecular formula is C19H25Cl2N3O3. The number of anilines is 1. The van der Waals surface area contributed by atoms with Gasteiger partial charge in [-0.3, -0.25) is 9.59 Å². The summed E-state index contributed by atoms with van der Waals surface area (Å²) in [5.74, 6) is 0.613. The molecule has 0 radical (unpaired) electrons. The molecule has 2 saturated carbocycles. The van der Waals surface area contributed by atoms with Gasteiger partial charge < -0.3 is 20.7 Å². The quantitative estimate of drug-likeness (QED) is 0.796. The first kappa shape index (κ1) is 20.4. The SMILES string of the molecule is Cl.NC1C2CCC(C2)C1C(=O)Nc1ccc(C(=O)N2CCOCC2)c(Cl)c1. The Morgan fingerprint density at radius 3 is 2.52 bits per heavy atom. The highest BCUT2D eigenvalue weighted by molar-refractivity contribution is 6.34. The van der Waals surface area contributed by atoms with Crippen LogP contribution in [0.4, 0.5) is 5.69 Å². The Bertz CT molecular complexity index is 722. The Labute approximate surface area is 170 Å². The zero-order valence-corrected chi connectivity index (χ0v) is 16.6. The topological polar surface area (TPSA) is 84.7 Å². The van der Waals surface area contributed by atoms with E-state index in [-0.39, 0.29) is 36.2 Å². The minimum atomic E-state index is -0.123. The summed E-state index contributed by atoms with van der Waals surface area (Å²) in [6, 6.07) is 5.00. The number of nitrogens with two attached hydrogens (primary N) is 1. The fourth-order valence-corrected chi connectivity index (χ4v) is 4.91. The molecule has 1 saturated heterocycles. The second-order valence-electron chi connectivity index (χ2n) is 7.52. The van der Waals surface area contributed by atoms with Crippen LogP contribution in [0.15, 0.2) is 18.2 Å². The van der Waals surface area contributed by atoms with Crippen LogP contribution < -0.4 is 11.1 Å². The van der Waals surface area contributed by atoms with Crippen molar-refractivity contribution < 1.29 is 14.3 Å². The van der Waals surface area contributed by atoms with E-state index in [1.165, 1.54) is 0 Å². The van der Waals surface area contributed by atoms with Gasteiger partial charge in [-0.2, -0.15) is 0 Å². The average Bonchev–Trinajstić information content (AvgIpc) is 3.23. The van der Waals surface area contributed by atoms with Crippen LogP contribution in [0, 0.1) is 17.8 Å². The monoisotopic (exact) mass is 413 g/mol. The molecule has 2 aliphatic carbocycles. The lowest BCUT2D eigenvalue weighted by molar-refractivity contribution is -0.121. The molecule has 0 spiro atoms. The van der Waals surface area contributed by atoms with Crippen molar-refractivity contribution in [3.8, 4) is 0 Å². The summed E-state index contributed by atoms with van der Waals surface area (Å²) in [6.45, 7) is 2.22. The van der Waals surface area contributed by atoms with Gasteiger partial charge in [-0.05, 0) is 49.3 Å². The van der Waals surface area contributed by atoms with Gasteiger partial charge in [0.05, 0.1) is 29.7 Å². The number of nitrogens with one attached hydrogen (secondary N) is 1. The van der Waals surface area contributed by atoms with E-state index in [4.69, 9.17) is 22.1 Å². The van der Waals surface area contributed by atoms with Gasteiger partial charge in [0.2, 0.25) is 5.91 Å². The summed E-state index contributed by atoms with van der Waals surface area (Å²) in [7, 11) is 0. The Hall–Kier alpha value is -1.34. The molecular weight excluding hydrogens is 389 g/mol. The highest BCUT2D eigenvalue weighted by atomic mass is 35.5. The molecule has 148 valence electrons. The van der Waals surface area contributed by atoms with Crippen LogP contribution in [0.5, 0.6) is 0 Å². The van der Waals surface area contributed by atoms with Gasteiger partial charge in [-0.1, -0.05) is 11.6 Å². The van der Waals surface area contributed by atoms with Crippen LogP contribution in [0.2, 0.25) is 5.02 Å². The van der Waals surface area contributed by atoms with Gasteiger partial charge in [0, 0.05) is 24.8 Å². The van der Waals surface area contributed by atoms with Crippen LogP contribution in [0.1, 0.15) is 29.6 Å². The zero-order valence-electron chi connectivity index (χ0n) is 15.0. The summed E-state index contributed by atoms with van der Waals surface area (Å²) in [6.07, 6.45) is 3.29. The van der Waals surface area contributed by atoms with Crippen LogP contribution >= 0.6 is 24.0 Å². The summed E-state index contributed by atoms with van der Waals surface area (Å²) in [5, 5.41) is 3.28. The number of amides is 2. The molecule has 1 heterocycles. The molecule has 1 aromatic carbocycles. The third-order valence-electron chi connectivity index (χ3n) is 6.05. The fourth-order valence-electron chi connectivity index (χ4n) is 4.65. The summed E-state index contributed by atoms with van der Waals surface area (Å²) in [5.41, 5.74) is 7.30. The van der Waals surface area contributed by atoms with Crippen molar-refractivity contribution in [2.75, 3.05) is 31.6 Å². The van der Waals surface area contributed by atoms with Crippen LogP contribution in [0.3, 0.4) is 0 Å². The second kappa shape index (κ2) is 8.35. The number of benzene rings is 1. The smallest absolute Gasteiger partial charge is 0.255 e. The van der Waals surface area contributed by atoms with E-state index in [0.717, 1.165) is 19.3 Å². The van der Waals surface area contributed by atoms with E-state index < -0.39 is 0 Å². The van der Waals surface area contributed by atoms with Crippen molar-refractivity contribution in [2.45, 2.75) is 25.3 Å². The van der Waals surface area contributed by atoms with Gasteiger partial charge in [0.25, 0.3) is 5.91 Å². The fraction of sp³-hybridized carbons (Fsp3) is 0.579. The third-order valence-corrected chi connectivity index (χ3v) is 6.36. The molecule has 1 aliphatic heterocycles. The number of nitrogens with zero attached hydrogens (tertiary/aromatic N) is 1. The first-order chi connectivity index (χ1) is 12.5. The van der Waals surface area contributed by atoms with E-state index in [2.05, 4.69) is 5.32 Å². The van der Waals surface area contributed by atoms with Crippen LogP contribution in [0.25, 0.3) is 0 Å². The van der Waals surface area contributed by atoms with Crippen LogP contribution in [-0.4, -0.2) is 49.1 Å². The van der Waals surface area contributed by atoms with E-state index in [1.54, 1.807) is 23.1 Å². The highest BCUT2D eigenvalue weighted by Crippen LogP contribution is 2.47. The predicted octanol–water partition coefficient (Wildman–Crippen LogP) is 2.55. The number of hydrogen-bond acceptors (Lipinski definition) is 4. The first-order valence-corrected chi connectivity index (χ1v) is 9.65. The molecule has 4 atom stereocenters. The number of morpholine rings is 1. The summed E-state index contributed by atoms with van der Waals surface area (Å²) < 4.78 is 5.27. The van der Waals surface area contributed by atoms with Gasteiger partial charge >= 0.3 is 0 Å². The van der Waals surface area contributed by atoms with E-state index in [0.29, 0.717) is 54.4 Å². The molecule has 0 aromatic heterocycles. The molecule has 27 heavy (non-hydrogen) atoms. The Morgan fingerprint density at radius 2 is 1.89 bits per heavy atom. The lowest BCUT2D eigenvalue weighted by atomic mass is 9.84. The molecule has 3 fully saturated rings.